The summed E-state index contributed by atoms with van der Waals surface area (Å²) in [6.45, 7) is 0. The molecule has 1 heterocycles. The summed E-state index contributed by atoms with van der Waals surface area (Å²) in [6, 6.07) is 46.5. The summed E-state index contributed by atoms with van der Waals surface area (Å²) in [5, 5.41) is 0.175. The first kappa shape index (κ1) is 22.6. The van der Waals surface area contributed by atoms with Crippen molar-refractivity contribution in [3.8, 4) is 33.9 Å². The molecule has 0 fully saturated rings. The van der Waals surface area contributed by atoms with Gasteiger partial charge in [-0.25, -0.2) is 4.98 Å². The van der Waals surface area contributed by atoms with Crippen molar-refractivity contribution in [2.24, 2.45) is 0 Å². The molecule has 1 aliphatic rings. The highest BCUT2D eigenvalue weighted by atomic mass is 35.5. The highest BCUT2D eigenvalue weighted by Gasteiger charge is 2.45. The zero-order valence-electron chi connectivity index (χ0n) is 20.4. The molecular formula is C34H22ClN3. The van der Waals surface area contributed by atoms with Gasteiger partial charge in [0, 0.05) is 11.1 Å². The van der Waals surface area contributed by atoms with Gasteiger partial charge in [-0.2, -0.15) is 9.97 Å². The Morgan fingerprint density at radius 2 is 0.947 bits per heavy atom. The van der Waals surface area contributed by atoms with E-state index < -0.39 is 5.41 Å². The first-order chi connectivity index (χ1) is 18.7. The molecule has 6 aromatic rings. The fourth-order valence-corrected chi connectivity index (χ4v) is 5.96. The lowest BCUT2D eigenvalue weighted by atomic mass is 9.67. The zero-order valence-corrected chi connectivity index (χ0v) is 21.2. The van der Waals surface area contributed by atoms with Crippen LogP contribution in [0.1, 0.15) is 22.3 Å². The Labute approximate surface area is 226 Å². The van der Waals surface area contributed by atoms with Gasteiger partial charge < -0.3 is 0 Å². The molecule has 0 unspecified atom stereocenters. The largest absolute Gasteiger partial charge is 0.226 e. The van der Waals surface area contributed by atoms with Crippen molar-refractivity contribution in [1.82, 2.24) is 15.0 Å². The minimum absolute atomic E-state index is 0.175. The van der Waals surface area contributed by atoms with Gasteiger partial charge in [-0.05, 0) is 51.0 Å². The predicted molar refractivity (Wildman–Crippen MR) is 153 cm³/mol. The molecule has 0 atom stereocenters. The fraction of sp³-hybridized carbons (Fsp3) is 0.0294. The van der Waals surface area contributed by atoms with Crippen LogP contribution in [0.25, 0.3) is 33.9 Å². The SMILES string of the molecule is Clc1nc(-c2ccccc2)nc(-c2cccc(C3(c4ccccc4)c4ccccc4-c4ccccc43)c2)n1. The maximum absolute atomic E-state index is 6.41. The number of aromatic nitrogens is 3. The first-order valence-electron chi connectivity index (χ1n) is 12.6. The van der Waals surface area contributed by atoms with Crippen LogP contribution in [0.4, 0.5) is 0 Å². The van der Waals surface area contributed by atoms with Gasteiger partial charge in [0.1, 0.15) is 0 Å². The van der Waals surface area contributed by atoms with Crippen molar-refractivity contribution in [3.63, 3.8) is 0 Å². The van der Waals surface area contributed by atoms with Crippen molar-refractivity contribution in [3.05, 3.63) is 161 Å². The zero-order chi connectivity index (χ0) is 25.5. The third-order valence-corrected chi connectivity index (χ3v) is 7.52. The second kappa shape index (κ2) is 9.05. The molecule has 0 saturated heterocycles. The number of hydrogen-bond acceptors (Lipinski definition) is 3. The van der Waals surface area contributed by atoms with Crippen LogP contribution in [-0.2, 0) is 5.41 Å². The quantitative estimate of drug-likeness (QED) is 0.241. The topological polar surface area (TPSA) is 38.7 Å². The molecule has 0 saturated carbocycles. The molecule has 1 aromatic heterocycles. The van der Waals surface area contributed by atoms with Gasteiger partial charge >= 0.3 is 0 Å². The molecule has 3 nitrogen and oxygen atoms in total. The van der Waals surface area contributed by atoms with E-state index in [9.17, 15) is 0 Å². The molecule has 5 aromatic carbocycles. The lowest BCUT2D eigenvalue weighted by Crippen LogP contribution is -2.28. The highest BCUT2D eigenvalue weighted by Crippen LogP contribution is 2.56. The third-order valence-electron chi connectivity index (χ3n) is 7.35. The minimum atomic E-state index is -0.483. The molecule has 7 rings (SSSR count). The van der Waals surface area contributed by atoms with Crippen LogP contribution < -0.4 is 0 Å². The van der Waals surface area contributed by atoms with Crippen LogP contribution >= 0.6 is 11.6 Å². The Hall–Kier alpha value is -4.60. The Morgan fingerprint density at radius 1 is 0.447 bits per heavy atom. The van der Waals surface area contributed by atoms with Crippen molar-refractivity contribution < 1.29 is 0 Å². The smallest absolute Gasteiger partial charge is 0.208 e. The molecule has 4 heteroatoms. The number of halogens is 1. The monoisotopic (exact) mass is 507 g/mol. The van der Waals surface area contributed by atoms with E-state index in [2.05, 4.69) is 107 Å². The van der Waals surface area contributed by atoms with Crippen LogP contribution in [0.15, 0.2) is 133 Å². The van der Waals surface area contributed by atoms with Gasteiger partial charge in [-0.15, -0.1) is 0 Å². The summed E-state index contributed by atoms with van der Waals surface area (Å²) in [5.74, 6) is 1.11. The molecule has 1 aliphatic carbocycles. The van der Waals surface area contributed by atoms with Crippen LogP contribution in [0, 0.1) is 0 Å². The lowest BCUT2D eigenvalue weighted by Gasteiger charge is -2.34. The van der Waals surface area contributed by atoms with Gasteiger partial charge in [0.15, 0.2) is 11.6 Å². The lowest BCUT2D eigenvalue weighted by molar-refractivity contribution is 0.768. The van der Waals surface area contributed by atoms with E-state index in [1.807, 2.05) is 36.4 Å². The normalized spacial score (nSPS) is 13.1. The second-order valence-electron chi connectivity index (χ2n) is 9.41. The predicted octanol–water partition coefficient (Wildman–Crippen LogP) is 8.22. The number of benzene rings is 5. The third kappa shape index (κ3) is 3.47. The maximum Gasteiger partial charge on any atom is 0.226 e. The van der Waals surface area contributed by atoms with E-state index in [0.29, 0.717) is 11.6 Å². The molecule has 0 N–H and O–H groups in total. The Morgan fingerprint density at radius 3 is 1.61 bits per heavy atom. The summed E-state index contributed by atoms with van der Waals surface area (Å²) < 4.78 is 0. The Kier molecular flexibility index (Phi) is 5.38. The highest BCUT2D eigenvalue weighted by molar-refractivity contribution is 6.28. The molecule has 0 spiro atoms. The summed E-state index contributed by atoms with van der Waals surface area (Å²) >= 11 is 6.41. The summed E-state index contributed by atoms with van der Waals surface area (Å²) in [5.41, 5.74) is 8.72. The minimum Gasteiger partial charge on any atom is -0.208 e. The van der Waals surface area contributed by atoms with E-state index >= 15 is 0 Å². The molecular weight excluding hydrogens is 486 g/mol. The molecule has 0 bridgehead atoms. The molecule has 0 amide bonds. The van der Waals surface area contributed by atoms with Crippen molar-refractivity contribution in [1.29, 1.82) is 0 Å². The molecule has 38 heavy (non-hydrogen) atoms. The van der Waals surface area contributed by atoms with Gasteiger partial charge in [-0.1, -0.05) is 127 Å². The van der Waals surface area contributed by atoms with E-state index in [4.69, 9.17) is 16.6 Å². The van der Waals surface area contributed by atoms with Crippen molar-refractivity contribution in [2.75, 3.05) is 0 Å². The molecule has 180 valence electrons. The summed E-state index contributed by atoms with van der Waals surface area (Å²) in [6.07, 6.45) is 0. The van der Waals surface area contributed by atoms with E-state index in [-0.39, 0.29) is 5.28 Å². The second-order valence-corrected chi connectivity index (χ2v) is 9.74. The van der Waals surface area contributed by atoms with Gasteiger partial charge in [0.2, 0.25) is 5.28 Å². The standard InChI is InChI=1S/C34H22ClN3/c35-33-37-31(23-12-3-1-4-13-23)36-32(38-33)24-14-11-17-26(22-24)34(25-15-5-2-6-16-25)29-20-9-7-18-27(29)28-19-8-10-21-30(28)34/h1-22H. The van der Waals surface area contributed by atoms with Gasteiger partial charge in [-0.3, -0.25) is 0 Å². The van der Waals surface area contributed by atoms with Crippen LogP contribution in [0.5, 0.6) is 0 Å². The number of hydrogen-bond donors (Lipinski definition) is 0. The average molecular weight is 508 g/mol. The summed E-state index contributed by atoms with van der Waals surface area (Å²) in [4.78, 5) is 13.7. The average Bonchev–Trinajstić information content (AvgIpc) is 3.29. The van der Waals surface area contributed by atoms with Crippen LogP contribution in [0.3, 0.4) is 0 Å². The van der Waals surface area contributed by atoms with Crippen LogP contribution in [0.2, 0.25) is 5.28 Å². The van der Waals surface area contributed by atoms with Crippen LogP contribution in [-0.4, -0.2) is 15.0 Å². The van der Waals surface area contributed by atoms with Gasteiger partial charge in [0.25, 0.3) is 0 Å². The number of fused-ring (bicyclic) bond motifs is 3. The Bertz CT molecular complexity index is 1740. The first-order valence-corrected chi connectivity index (χ1v) is 13.0. The molecule has 0 aliphatic heterocycles. The van der Waals surface area contributed by atoms with Crippen molar-refractivity contribution in [2.45, 2.75) is 5.41 Å². The number of nitrogens with zero attached hydrogens (tertiary/aromatic N) is 3. The van der Waals surface area contributed by atoms with Gasteiger partial charge in [0.05, 0.1) is 5.41 Å². The fourth-order valence-electron chi connectivity index (χ4n) is 5.80. The van der Waals surface area contributed by atoms with E-state index in [1.54, 1.807) is 0 Å². The number of rotatable bonds is 4. The van der Waals surface area contributed by atoms with E-state index in [0.717, 1.165) is 16.7 Å². The maximum atomic E-state index is 6.41. The van der Waals surface area contributed by atoms with E-state index in [1.165, 1.54) is 27.8 Å². The summed E-state index contributed by atoms with van der Waals surface area (Å²) in [7, 11) is 0. The Balaban J connectivity index is 1.49. The van der Waals surface area contributed by atoms with Crippen molar-refractivity contribution >= 4 is 11.6 Å². The molecule has 0 radical (unpaired) electrons.